The van der Waals surface area contributed by atoms with Crippen molar-refractivity contribution in [1.82, 2.24) is 15.1 Å². The summed E-state index contributed by atoms with van der Waals surface area (Å²) in [5, 5.41) is 9.95. The molecule has 3 heterocycles. The van der Waals surface area contributed by atoms with E-state index in [1.54, 1.807) is 20.9 Å². The highest BCUT2D eigenvalue weighted by Crippen LogP contribution is 2.37. The first-order chi connectivity index (χ1) is 15.4. The van der Waals surface area contributed by atoms with E-state index in [4.69, 9.17) is 5.10 Å². The summed E-state index contributed by atoms with van der Waals surface area (Å²) in [6.07, 6.45) is 4.26. The monoisotopic (exact) mass is 448 g/mol. The number of rotatable bonds is 4. The highest BCUT2D eigenvalue weighted by atomic mass is 32.1. The summed E-state index contributed by atoms with van der Waals surface area (Å²) >= 11 is 1.59. The lowest BCUT2D eigenvalue weighted by atomic mass is 9.92. The maximum absolute atomic E-state index is 13.9. The average Bonchev–Trinajstić information content (AvgIpc) is 3.50. The second-order valence-corrected chi connectivity index (χ2v) is 10.2. The van der Waals surface area contributed by atoms with Crippen molar-refractivity contribution in [3.8, 4) is 10.6 Å². The normalized spacial score (nSPS) is 21.1. The first-order valence-electron chi connectivity index (χ1n) is 11.2. The van der Waals surface area contributed by atoms with Crippen LogP contribution >= 0.6 is 11.3 Å². The van der Waals surface area contributed by atoms with Crippen LogP contribution in [0.1, 0.15) is 54.2 Å². The van der Waals surface area contributed by atoms with Gasteiger partial charge in [0.15, 0.2) is 0 Å². The van der Waals surface area contributed by atoms with Gasteiger partial charge in [-0.3, -0.25) is 19.2 Å². The van der Waals surface area contributed by atoms with Gasteiger partial charge in [-0.1, -0.05) is 36.6 Å². The summed E-state index contributed by atoms with van der Waals surface area (Å²) in [6, 6.07) is 12.0. The van der Waals surface area contributed by atoms with Gasteiger partial charge in [-0.25, -0.2) is 0 Å². The van der Waals surface area contributed by atoms with Gasteiger partial charge in [0.2, 0.25) is 5.91 Å². The van der Waals surface area contributed by atoms with Gasteiger partial charge in [0.05, 0.1) is 11.4 Å². The summed E-state index contributed by atoms with van der Waals surface area (Å²) in [6.45, 7) is 6.20. The van der Waals surface area contributed by atoms with Crippen molar-refractivity contribution in [1.29, 1.82) is 0 Å². The van der Waals surface area contributed by atoms with Crippen molar-refractivity contribution in [3.63, 3.8) is 0 Å². The minimum Gasteiger partial charge on any atom is -0.351 e. The van der Waals surface area contributed by atoms with E-state index in [1.807, 2.05) is 56.5 Å². The Bertz CT molecular complexity index is 1180. The highest BCUT2D eigenvalue weighted by Gasteiger charge is 2.49. The van der Waals surface area contributed by atoms with Crippen molar-refractivity contribution in [2.24, 2.45) is 0 Å². The zero-order valence-corrected chi connectivity index (χ0v) is 19.5. The fraction of sp³-hybridized carbons (Fsp3) is 0.400. The molecule has 166 valence electrons. The molecule has 0 bridgehead atoms. The van der Waals surface area contributed by atoms with Crippen LogP contribution in [0, 0.1) is 13.8 Å². The largest absolute Gasteiger partial charge is 0.351 e. The van der Waals surface area contributed by atoms with Crippen LogP contribution in [0.2, 0.25) is 0 Å². The van der Waals surface area contributed by atoms with Gasteiger partial charge < -0.3 is 5.32 Å². The molecule has 2 aromatic heterocycles. The number of fused-ring (bicyclic) bond motifs is 1. The molecule has 32 heavy (non-hydrogen) atoms. The molecule has 1 atom stereocenters. The zero-order valence-electron chi connectivity index (χ0n) is 18.7. The number of hydrogen-bond donors (Lipinski definition) is 1. The molecule has 0 spiro atoms. The molecular weight excluding hydrogens is 420 g/mol. The van der Waals surface area contributed by atoms with E-state index in [0.29, 0.717) is 12.2 Å². The molecular formula is C25H28N4O2S. The smallest absolute Gasteiger partial charge is 0.277 e. The Morgan fingerprint density at radius 3 is 2.66 bits per heavy atom. The van der Waals surface area contributed by atoms with Crippen LogP contribution < -0.4 is 10.2 Å². The third-order valence-electron chi connectivity index (χ3n) is 6.70. The van der Waals surface area contributed by atoms with Crippen LogP contribution in [-0.4, -0.2) is 33.2 Å². The predicted molar refractivity (Wildman–Crippen MR) is 127 cm³/mol. The maximum Gasteiger partial charge on any atom is 0.277 e. The molecule has 1 aromatic carbocycles. The number of aryl methyl sites for hydroxylation is 2. The molecule has 5 rings (SSSR count). The Morgan fingerprint density at radius 2 is 1.97 bits per heavy atom. The summed E-state index contributed by atoms with van der Waals surface area (Å²) in [4.78, 5) is 30.3. The van der Waals surface area contributed by atoms with Gasteiger partial charge in [-0.05, 0) is 62.8 Å². The number of amides is 2. The minimum atomic E-state index is -1.08. The topological polar surface area (TPSA) is 67.2 Å². The van der Waals surface area contributed by atoms with Crippen LogP contribution in [0.3, 0.4) is 0 Å². The molecule has 7 heteroatoms. The number of hydrogen-bond acceptors (Lipinski definition) is 4. The van der Waals surface area contributed by atoms with E-state index in [1.165, 1.54) is 0 Å². The number of carbonyl (C=O) groups is 2. The molecule has 1 aliphatic heterocycles. The fourth-order valence-corrected chi connectivity index (χ4v) is 5.65. The number of carbonyl (C=O) groups excluding carboxylic acids is 2. The van der Waals surface area contributed by atoms with Crippen LogP contribution in [0.5, 0.6) is 0 Å². The van der Waals surface area contributed by atoms with Gasteiger partial charge >= 0.3 is 0 Å². The number of nitrogens with zero attached hydrogens (tertiary/aromatic N) is 3. The van der Waals surface area contributed by atoms with E-state index >= 15 is 0 Å². The van der Waals surface area contributed by atoms with Gasteiger partial charge in [0, 0.05) is 11.7 Å². The summed E-state index contributed by atoms with van der Waals surface area (Å²) in [5.41, 5.74) is 3.08. The Labute approximate surface area is 192 Å². The third kappa shape index (κ3) is 3.45. The minimum absolute atomic E-state index is 0.114. The lowest BCUT2D eigenvalue weighted by Gasteiger charge is -2.44. The van der Waals surface area contributed by atoms with Gasteiger partial charge in [0.25, 0.3) is 5.91 Å². The molecule has 1 aliphatic carbocycles. The summed E-state index contributed by atoms with van der Waals surface area (Å²) in [5.74, 6) is -0.306. The van der Waals surface area contributed by atoms with Crippen LogP contribution in [0.15, 0.2) is 41.8 Å². The van der Waals surface area contributed by atoms with Crippen molar-refractivity contribution in [2.45, 2.75) is 64.6 Å². The summed E-state index contributed by atoms with van der Waals surface area (Å²) < 4.78 is 1.71. The third-order valence-corrected chi connectivity index (χ3v) is 7.59. The Hall–Kier alpha value is -2.93. The first kappa shape index (κ1) is 20.9. The first-order valence-corrected chi connectivity index (χ1v) is 12.1. The molecule has 0 saturated heterocycles. The van der Waals surface area contributed by atoms with Crippen molar-refractivity contribution in [3.05, 3.63) is 58.6 Å². The van der Waals surface area contributed by atoms with Crippen molar-refractivity contribution in [2.75, 3.05) is 4.90 Å². The van der Waals surface area contributed by atoms with Crippen LogP contribution in [0.25, 0.3) is 10.6 Å². The highest BCUT2D eigenvalue weighted by molar-refractivity contribution is 7.13. The quantitative estimate of drug-likeness (QED) is 0.629. The number of thiophene rings is 1. The van der Waals surface area contributed by atoms with Crippen molar-refractivity contribution >= 4 is 28.8 Å². The maximum atomic E-state index is 13.9. The Morgan fingerprint density at radius 1 is 1.19 bits per heavy atom. The van der Waals surface area contributed by atoms with E-state index < -0.39 is 5.54 Å². The second-order valence-electron chi connectivity index (χ2n) is 9.21. The molecule has 1 N–H and O–H groups in total. The van der Waals surface area contributed by atoms with Crippen LogP contribution in [0.4, 0.5) is 5.69 Å². The van der Waals surface area contributed by atoms with Crippen molar-refractivity contribution < 1.29 is 9.59 Å². The Kier molecular flexibility index (Phi) is 5.16. The molecule has 0 radical (unpaired) electrons. The molecule has 2 amide bonds. The number of benzene rings is 1. The predicted octanol–water partition coefficient (Wildman–Crippen LogP) is 4.71. The van der Waals surface area contributed by atoms with E-state index in [9.17, 15) is 9.59 Å². The average molecular weight is 449 g/mol. The molecule has 2 aliphatic rings. The lowest BCUT2D eigenvalue weighted by molar-refractivity contribution is -0.127. The summed E-state index contributed by atoms with van der Waals surface area (Å²) in [7, 11) is 0. The Balaban J connectivity index is 1.60. The number of aromatic nitrogens is 2. The molecule has 3 aromatic rings. The molecule has 1 fully saturated rings. The number of anilines is 1. The van der Waals surface area contributed by atoms with E-state index in [2.05, 4.69) is 11.4 Å². The lowest BCUT2D eigenvalue weighted by Crippen LogP contribution is -2.65. The van der Waals surface area contributed by atoms with E-state index in [-0.39, 0.29) is 17.9 Å². The van der Waals surface area contributed by atoms with Gasteiger partial charge in [-0.15, -0.1) is 11.3 Å². The second kappa shape index (κ2) is 7.89. The number of nitrogens with one attached hydrogen (secondary N) is 1. The van der Waals surface area contributed by atoms with Crippen LogP contribution in [-0.2, 0) is 11.3 Å². The SMILES string of the molecule is Cc1ccc(N2C(=O)c3cc(-c4cccs4)nn3C[C@@]2(C)C(=O)NC2CCCC2)c(C)c1. The molecule has 6 nitrogen and oxygen atoms in total. The standard InChI is InChI=1S/C25H28N4O2S/c1-16-10-11-20(17(2)13-16)29-23(30)21-14-19(22-9-6-12-32-22)27-28(21)15-25(29,3)24(31)26-18-7-4-5-8-18/h6,9-14,18H,4-5,7-8,15H2,1-3H3,(H,26,31)/t25-/m0/s1. The fourth-order valence-electron chi connectivity index (χ4n) is 4.97. The zero-order chi connectivity index (χ0) is 22.5. The molecule has 1 saturated carbocycles. The van der Waals surface area contributed by atoms with Gasteiger partial charge in [-0.2, -0.15) is 5.10 Å². The molecule has 0 unspecified atom stereocenters. The van der Waals surface area contributed by atoms with Gasteiger partial charge in [0.1, 0.15) is 16.9 Å². The van der Waals surface area contributed by atoms with E-state index in [0.717, 1.165) is 53.1 Å².